The van der Waals surface area contributed by atoms with Crippen LogP contribution in [0.5, 0.6) is 0 Å². The summed E-state index contributed by atoms with van der Waals surface area (Å²) in [5.74, 6) is 0.470. The molecule has 1 rings (SSSR count). The Morgan fingerprint density at radius 2 is 2.06 bits per heavy atom. The number of rotatable bonds is 4. The van der Waals surface area contributed by atoms with Crippen molar-refractivity contribution in [3.8, 4) is 0 Å². The van der Waals surface area contributed by atoms with Crippen LogP contribution in [0.2, 0.25) is 0 Å². The van der Waals surface area contributed by atoms with E-state index in [1.165, 1.54) is 16.0 Å². The van der Waals surface area contributed by atoms with Crippen LogP contribution < -0.4 is 5.43 Å². The highest BCUT2D eigenvalue weighted by Gasteiger charge is 2.05. The van der Waals surface area contributed by atoms with Crippen molar-refractivity contribution in [2.75, 3.05) is 19.8 Å². The van der Waals surface area contributed by atoms with E-state index in [9.17, 15) is 4.79 Å². The Morgan fingerprint density at radius 3 is 2.62 bits per heavy atom. The van der Waals surface area contributed by atoms with Crippen molar-refractivity contribution >= 4 is 17.7 Å². The average Bonchev–Trinajstić information content (AvgIpc) is 2.15. The number of aryl methyl sites for hydroxylation is 2. The van der Waals surface area contributed by atoms with Crippen molar-refractivity contribution in [2.45, 2.75) is 18.7 Å². The number of hydrogen-bond acceptors (Lipinski definition) is 3. The number of carbonyl (C=O) groups excluding carboxylic acids is 1. The van der Waals surface area contributed by atoms with Crippen molar-refractivity contribution in [1.29, 1.82) is 0 Å². The summed E-state index contributed by atoms with van der Waals surface area (Å²) in [6, 6.07) is 6.27. The molecule has 0 saturated carbocycles. The van der Waals surface area contributed by atoms with E-state index in [-0.39, 0.29) is 5.91 Å². The van der Waals surface area contributed by atoms with Gasteiger partial charge in [-0.05, 0) is 25.5 Å². The summed E-state index contributed by atoms with van der Waals surface area (Å²) < 4.78 is 0. The lowest BCUT2D eigenvalue weighted by molar-refractivity contribution is -0.122. The highest BCUT2D eigenvalue weighted by molar-refractivity contribution is 8.00. The number of hydrazine groups is 1. The van der Waals surface area contributed by atoms with Crippen LogP contribution in [-0.2, 0) is 4.79 Å². The minimum Gasteiger partial charge on any atom is -0.289 e. The van der Waals surface area contributed by atoms with Crippen molar-refractivity contribution in [1.82, 2.24) is 10.4 Å². The summed E-state index contributed by atoms with van der Waals surface area (Å²) in [4.78, 5) is 12.6. The Bertz CT molecular complexity index is 377. The summed E-state index contributed by atoms with van der Waals surface area (Å²) in [6.45, 7) is 4.14. The molecule has 0 saturated heterocycles. The van der Waals surface area contributed by atoms with Crippen LogP contribution in [0.25, 0.3) is 0 Å². The van der Waals surface area contributed by atoms with Crippen molar-refractivity contribution in [2.24, 2.45) is 0 Å². The third kappa shape index (κ3) is 4.24. The Labute approximate surface area is 101 Å². The molecule has 0 aliphatic heterocycles. The van der Waals surface area contributed by atoms with Gasteiger partial charge in [0.05, 0.1) is 5.75 Å². The van der Waals surface area contributed by atoms with Crippen molar-refractivity contribution in [3.63, 3.8) is 0 Å². The molecule has 0 fully saturated rings. The standard InChI is InChI=1S/C12H18N2OS/c1-9-5-6-11(10(2)7-9)16-8-12(15)13-14(3)4/h5-7H,8H2,1-4H3,(H,13,15). The Balaban J connectivity index is 2.51. The first kappa shape index (κ1) is 13.1. The molecule has 0 unspecified atom stereocenters. The minimum absolute atomic E-state index is 0.0231. The quantitative estimate of drug-likeness (QED) is 0.643. The zero-order chi connectivity index (χ0) is 12.1. The zero-order valence-corrected chi connectivity index (χ0v) is 11.0. The van der Waals surface area contributed by atoms with E-state index in [0.29, 0.717) is 5.75 Å². The largest absolute Gasteiger partial charge is 0.289 e. The van der Waals surface area contributed by atoms with Crippen LogP contribution in [0.4, 0.5) is 0 Å². The van der Waals surface area contributed by atoms with Gasteiger partial charge in [-0.2, -0.15) is 0 Å². The molecule has 1 aromatic carbocycles. The van der Waals surface area contributed by atoms with Crippen LogP contribution in [0, 0.1) is 13.8 Å². The van der Waals surface area contributed by atoms with Crippen LogP contribution in [-0.4, -0.2) is 30.8 Å². The third-order valence-corrected chi connectivity index (χ3v) is 3.21. The van der Waals surface area contributed by atoms with Gasteiger partial charge >= 0.3 is 0 Å². The second kappa shape index (κ2) is 5.92. The van der Waals surface area contributed by atoms with Crippen LogP contribution in [0.3, 0.4) is 0 Å². The van der Waals surface area contributed by atoms with Gasteiger partial charge in [0.25, 0.3) is 0 Å². The highest BCUT2D eigenvalue weighted by Crippen LogP contribution is 2.22. The number of hydrogen-bond donors (Lipinski definition) is 1. The number of nitrogens with zero attached hydrogens (tertiary/aromatic N) is 1. The minimum atomic E-state index is 0.0231. The second-order valence-electron chi connectivity index (χ2n) is 3.99. The molecule has 0 bridgehead atoms. The van der Waals surface area contributed by atoms with Crippen molar-refractivity contribution in [3.05, 3.63) is 29.3 Å². The average molecular weight is 238 g/mol. The number of carbonyl (C=O) groups is 1. The SMILES string of the molecule is Cc1ccc(SCC(=O)NN(C)C)c(C)c1. The first-order chi connectivity index (χ1) is 7.49. The summed E-state index contributed by atoms with van der Waals surface area (Å²) in [5.41, 5.74) is 5.19. The van der Waals surface area contributed by atoms with Gasteiger partial charge in [-0.3, -0.25) is 10.2 Å². The van der Waals surface area contributed by atoms with Crippen molar-refractivity contribution < 1.29 is 4.79 Å². The fraction of sp³-hybridized carbons (Fsp3) is 0.417. The van der Waals surface area contributed by atoms with Gasteiger partial charge in [-0.15, -0.1) is 11.8 Å². The molecular weight excluding hydrogens is 220 g/mol. The van der Waals surface area contributed by atoms with Gasteiger partial charge in [-0.25, -0.2) is 5.01 Å². The molecule has 0 atom stereocenters. The lowest BCUT2D eigenvalue weighted by Crippen LogP contribution is -2.37. The van der Waals surface area contributed by atoms with Gasteiger partial charge in [0, 0.05) is 19.0 Å². The van der Waals surface area contributed by atoms with E-state index < -0.39 is 0 Å². The maximum atomic E-state index is 11.4. The molecule has 16 heavy (non-hydrogen) atoms. The molecule has 0 radical (unpaired) electrons. The molecule has 0 aromatic heterocycles. The van der Waals surface area contributed by atoms with Gasteiger partial charge in [0.15, 0.2) is 0 Å². The highest BCUT2D eigenvalue weighted by atomic mass is 32.2. The number of amides is 1. The molecule has 0 aliphatic carbocycles. The maximum absolute atomic E-state index is 11.4. The molecule has 0 heterocycles. The molecule has 88 valence electrons. The Kier molecular flexibility index (Phi) is 4.83. The summed E-state index contributed by atoms with van der Waals surface area (Å²) >= 11 is 1.57. The Morgan fingerprint density at radius 1 is 1.38 bits per heavy atom. The Hall–Kier alpha value is -1.00. The zero-order valence-electron chi connectivity index (χ0n) is 10.2. The lowest BCUT2D eigenvalue weighted by Gasteiger charge is -2.12. The monoisotopic (exact) mass is 238 g/mol. The summed E-state index contributed by atoms with van der Waals surface area (Å²) in [6.07, 6.45) is 0. The smallest absolute Gasteiger partial charge is 0.244 e. The molecule has 0 spiro atoms. The van der Waals surface area contributed by atoms with Gasteiger partial charge < -0.3 is 0 Å². The van der Waals surface area contributed by atoms with E-state index in [2.05, 4.69) is 37.5 Å². The summed E-state index contributed by atoms with van der Waals surface area (Å²) in [7, 11) is 3.61. The fourth-order valence-electron chi connectivity index (χ4n) is 1.39. The van der Waals surface area contributed by atoms with E-state index in [0.717, 1.165) is 0 Å². The first-order valence-corrected chi connectivity index (χ1v) is 6.14. The molecular formula is C12H18N2OS. The third-order valence-electron chi connectivity index (χ3n) is 2.04. The van der Waals surface area contributed by atoms with Gasteiger partial charge in [0.2, 0.25) is 5.91 Å². The summed E-state index contributed by atoms with van der Waals surface area (Å²) in [5, 5.41) is 1.66. The van der Waals surface area contributed by atoms with Crippen LogP contribution in [0.1, 0.15) is 11.1 Å². The molecule has 1 aromatic rings. The lowest BCUT2D eigenvalue weighted by atomic mass is 10.2. The topological polar surface area (TPSA) is 32.3 Å². The van der Waals surface area contributed by atoms with E-state index >= 15 is 0 Å². The molecule has 0 aliphatic rings. The first-order valence-electron chi connectivity index (χ1n) is 5.16. The number of thioether (sulfide) groups is 1. The molecule has 3 nitrogen and oxygen atoms in total. The number of nitrogens with one attached hydrogen (secondary N) is 1. The van der Waals surface area contributed by atoms with Crippen LogP contribution in [0.15, 0.2) is 23.1 Å². The predicted molar refractivity (Wildman–Crippen MR) is 68.5 cm³/mol. The van der Waals surface area contributed by atoms with Gasteiger partial charge in [-0.1, -0.05) is 17.7 Å². The second-order valence-corrected chi connectivity index (χ2v) is 5.00. The molecule has 1 N–H and O–H groups in total. The molecule has 4 heteroatoms. The van der Waals surface area contributed by atoms with E-state index in [4.69, 9.17) is 0 Å². The normalized spacial score (nSPS) is 10.6. The van der Waals surface area contributed by atoms with Crippen LogP contribution >= 0.6 is 11.8 Å². The molecule has 1 amide bonds. The van der Waals surface area contributed by atoms with E-state index in [1.807, 2.05) is 0 Å². The fourth-order valence-corrected chi connectivity index (χ4v) is 2.19. The predicted octanol–water partition coefficient (Wildman–Crippen LogP) is 1.99. The maximum Gasteiger partial charge on any atom is 0.244 e. The van der Waals surface area contributed by atoms with Gasteiger partial charge in [0.1, 0.15) is 0 Å². The van der Waals surface area contributed by atoms with E-state index in [1.54, 1.807) is 30.9 Å². The number of benzene rings is 1.